The van der Waals surface area contributed by atoms with E-state index in [-0.39, 0.29) is 5.82 Å². The zero-order chi connectivity index (χ0) is 21.5. The van der Waals surface area contributed by atoms with E-state index < -0.39 is 0 Å². The fourth-order valence-electron chi connectivity index (χ4n) is 2.89. The summed E-state index contributed by atoms with van der Waals surface area (Å²) in [5.74, 6) is 7.86. The van der Waals surface area contributed by atoms with Gasteiger partial charge in [0.2, 0.25) is 5.95 Å². The molecular weight excluding hydrogens is 387 g/mol. The summed E-state index contributed by atoms with van der Waals surface area (Å²) < 4.78 is 24.2. The van der Waals surface area contributed by atoms with Gasteiger partial charge < -0.3 is 25.5 Å². The van der Waals surface area contributed by atoms with Gasteiger partial charge in [0.15, 0.2) is 11.5 Å². The van der Waals surface area contributed by atoms with Crippen LogP contribution in [0.25, 0.3) is 0 Å². The molecule has 3 aromatic rings. The van der Waals surface area contributed by atoms with E-state index in [1.165, 1.54) is 12.1 Å². The normalized spacial score (nSPS) is 10.4. The number of nitrogens with zero attached hydrogens (tertiary/aromatic N) is 2. The van der Waals surface area contributed by atoms with Gasteiger partial charge in [-0.05, 0) is 48.7 Å². The quantitative estimate of drug-likeness (QED) is 0.312. The Balaban J connectivity index is 1.70. The van der Waals surface area contributed by atoms with Crippen molar-refractivity contribution in [1.29, 1.82) is 0 Å². The molecule has 2 aromatic carbocycles. The van der Waals surface area contributed by atoms with E-state index in [4.69, 9.17) is 15.3 Å². The molecular formula is C21H25FN6O2. The van der Waals surface area contributed by atoms with Crippen LogP contribution < -0.4 is 31.4 Å². The van der Waals surface area contributed by atoms with Crippen LogP contribution >= 0.6 is 0 Å². The number of halogens is 1. The number of hydrogen-bond donors (Lipinski definition) is 4. The third-order valence-corrected chi connectivity index (χ3v) is 4.49. The molecule has 0 radical (unpaired) electrons. The number of anilines is 4. The lowest BCUT2D eigenvalue weighted by Crippen LogP contribution is -2.13. The van der Waals surface area contributed by atoms with Crippen LogP contribution in [-0.2, 0) is 6.42 Å². The molecule has 0 bridgehead atoms. The predicted octanol–water partition coefficient (Wildman–Crippen LogP) is 3.63. The van der Waals surface area contributed by atoms with Crippen LogP contribution in [0.4, 0.5) is 27.7 Å². The molecule has 0 aliphatic heterocycles. The van der Waals surface area contributed by atoms with Crippen LogP contribution in [0.15, 0.2) is 42.5 Å². The highest BCUT2D eigenvalue weighted by molar-refractivity contribution is 5.61. The monoisotopic (exact) mass is 412 g/mol. The summed E-state index contributed by atoms with van der Waals surface area (Å²) in [6, 6.07) is 12.0. The summed E-state index contributed by atoms with van der Waals surface area (Å²) in [7, 11) is 3.21. The summed E-state index contributed by atoms with van der Waals surface area (Å²) >= 11 is 0. The lowest BCUT2D eigenvalue weighted by molar-refractivity contribution is 0.354. The minimum Gasteiger partial charge on any atom is -0.493 e. The smallest absolute Gasteiger partial charge is 0.231 e. The second-order valence-corrected chi connectivity index (χ2v) is 6.56. The van der Waals surface area contributed by atoms with Crippen molar-refractivity contribution in [2.75, 3.05) is 36.8 Å². The maximum atomic E-state index is 13.6. The summed E-state index contributed by atoms with van der Waals surface area (Å²) in [4.78, 5) is 8.72. The standard InChI is InChI=1S/C21H25FN6O2/c1-13-4-6-15(22)11-16(13)25-21-26-19(12-20(27-21)28-23)24-9-8-14-5-7-17(29-2)18(10-14)30-3/h4-7,10-12H,8-9,23H2,1-3H3,(H3,24,25,26,27,28). The van der Waals surface area contributed by atoms with Gasteiger partial charge in [-0.3, -0.25) is 0 Å². The molecule has 158 valence electrons. The molecule has 3 rings (SSSR count). The topological polar surface area (TPSA) is 106 Å². The molecule has 0 saturated carbocycles. The van der Waals surface area contributed by atoms with E-state index in [9.17, 15) is 4.39 Å². The lowest BCUT2D eigenvalue weighted by atomic mass is 10.1. The van der Waals surface area contributed by atoms with Crippen molar-refractivity contribution in [3.8, 4) is 11.5 Å². The molecule has 0 aliphatic rings. The highest BCUT2D eigenvalue weighted by Crippen LogP contribution is 2.28. The molecule has 0 amide bonds. The molecule has 1 aromatic heterocycles. The summed E-state index contributed by atoms with van der Waals surface area (Å²) in [5, 5.41) is 6.29. The highest BCUT2D eigenvalue weighted by Gasteiger charge is 2.08. The van der Waals surface area contributed by atoms with E-state index in [0.717, 1.165) is 17.5 Å². The van der Waals surface area contributed by atoms with Crippen LogP contribution in [0.2, 0.25) is 0 Å². The average Bonchev–Trinajstić information content (AvgIpc) is 2.76. The summed E-state index contributed by atoms with van der Waals surface area (Å²) in [6.07, 6.45) is 0.738. The third kappa shape index (κ3) is 5.26. The number of methoxy groups -OCH3 is 2. The average molecular weight is 412 g/mol. The van der Waals surface area contributed by atoms with Crippen molar-refractivity contribution in [3.63, 3.8) is 0 Å². The second-order valence-electron chi connectivity index (χ2n) is 6.56. The number of hydrogen-bond acceptors (Lipinski definition) is 8. The van der Waals surface area contributed by atoms with E-state index >= 15 is 0 Å². The zero-order valence-corrected chi connectivity index (χ0v) is 17.1. The molecule has 0 fully saturated rings. The second kappa shape index (κ2) is 9.75. The molecule has 5 N–H and O–H groups in total. The third-order valence-electron chi connectivity index (χ3n) is 4.49. The Bertz CT molecular complexity index is 1010. The zero-order valence-electron chi connectivity index (χ0n) is 17.1. The maximum absolute atomic E-state index is 13.6. The number of ether oxygens (including phenoxy) is 2. The van der Waals surface area contributed by atoms with E-state index in [2.05, 4.69) is 26.0 Å². The molecule has 0 aliphatic carbocycles. The van der Waals surface area contributed by atoms with E-state index in [1.54, 1.807) is 26.4 Å². The van der Waals surface area contributed by atoms with Gasteiger partial charge in [0, 0.05) is 18.3 Å². The summed E-state index contributed by atoms with van der Waals surface area (Å²) in [5.41, 5.74) is 5.06. The number of nitrogens with one attached hydrogen (secondary N) is 3. The van der Waals surface area contributed by atoms with Gasteiger partial charge in [0.25, 0.3) is 0 Å². The fourth-order valence-corrected chi connectivity index (χ4v) is 2.89. The van der Waals surface area contributed by atoms with Gasteiger partial charge >= 0.3 is 0 Å². The Morgan fingerprint density at radius 3 is 2.47 bits per heavy atom. The van der Waals surface area contributed by atoms with Crippen molar-refractivity contribution in [2.45, 2.75) is 13.3 Å². The number of nitrogen functional groups attached to an aromatic ring is 1. The first kappa shape index (κ1) is 21.1. The van der Waals surface area contributed by atoms with Crippen LogP contribution in [0.1, 0.15) is 11.1 Å². The van der Waals surface area contributed by atoms with Gasteiger partial charge in [-0.25, -0.2) is 10.2 Å². The van der Waals surface area contributed by atoms with Gasteiger partial charge in [0.1, 0.15) is 17.5 Å². The van der Waals surface area contributed by atoms with Crippen LogP contribution in [0.5, 0.6) is 11.5 Å². The largest absolute Gasteiger partial charge is 0.493 e. The number of aromatic nitrogens is 2. The molecule has 9 heteroatoms. The van der Waals surface area contributed by atoms with Gasteiger partial charge in [0.05, 0.1) is 14.2 Å². The first-order valence-electron chi connectivity index (χ1n) is 9.36. The number of nitrogens with two attached hydrogens (primary N) is 1. The molecule has 0 unspecified atom stereocenters. The number of hydrazine groups is 1. The van der Waals surface area contributed by atoms with Gasteiger partial charge in [-0.2, -0.15) is 9.97 Å². The predicted molar refractivity (Wildman–Crippen MR) is 116 cm³/mol. The molecule has 30 heavy (non-hydrogen) atoms. The first-order chi connectivity index (χ1) is 14.5. The Labute approximate surface area is 174 Å². The van der Waals surface area contributed by atoms with Crippen LogP contribution in [0.3, 0.4) is 0 Å². The minimum absolute atomic E-state index is 0.299. The molecule has 0 spiro atoms. The fraction of sp³-hybridized carbons (Fsp3) is 0.238. The van der Waals surface area contributed by atoms with Crippen LogP contribution in [-0.4, -0.2) is 30.7 Å². The number of rotatable bonds is 9. The maximum Gasteiger partial charge on any atom is 0.231 e. The Kier molecular flexibility index (Phi) is 6.87. The van der Waals surface area contributed by atoms with Gasteiger partial charge in [-0.1, -0.05) is 12.1 Å². The highest BCUT2D eigenvalue weighted by atomic mass is 19.1. The Morgan fingerprint density at radius 2 is 1.73 bits per heavy atom. The van der Waals surface area contributed by atoms with Crippen molar-refractivity contribution in [1.82, 2.24) is 9.97 Å². The van der Waals surface area contributed by atoms with Crippen molar-refractivity contribution >= 4 is 23.3 Å². The Morgan fingerprint density at radius 1 is 0.967 bits per heavy atom. The minimum atomic E-state index is -0.343. The number of benzene rings is 2. The van der Waals surface area contributed by atoms with Crippen LogP contribution in [0, 0.1) is 12.7 Å². The van der Waals surface area contributed by atoms with E-state index in [0.29, 0.717) is 41.3 Å². The van der Waals surface area contributed by atoms with Gasteiger partial charge in [-0.15, -0.1) is 0 Å². The lowest BCUT2D eigenvalue weighted by Gasteiger charge is -2.13. The summed E-state index contributed by atoms with van der Waals surface area (Å²) in [6.45, 7) is 2.49. The van der Waals surface area contributed by atoms with Crippen molar-refractivity contribution in [2.24, 2.45) is 5.84 Å². The van der Waals surface area contributed by atoms with Crippen molar-refractivity contribution in [3.05, 3.63) is 59.4 Å². The first-order valence-corrected chi connectivity index (χ1v) is 9.36. The molecule has 8 nitrogen and oxygen atoms in total. The molecule has 0 saturated heterocycles. The Hall–Kier alpha value is -3.59. The van der Waals surface area contributed by atoms with E-state index in [1.807, 2.05) is 25.1 Å². The molecule has 1 heterocycles. The molecule has 0 atom stereocenters. The SMILES string of the molecule is COc1ccc(CCNc2cc(NN)nc(Nc3cc(F)ccc3C)n2)cc1OC. The number of aryl methyl sites for hydroxylation is 1. The van der Waals surface area contributed by atoms with Crippen molar-refractivity contribution < 1.29 is 13.9 Å².